The second-order valence-corrected chi connectivity index (χ2v) is 7.77. The molecule has 0 saturated carbocycles. The number of benzene rings is 1. The van der Waals surface area contributed by atoms with E-state index in [0.717, 1.165) is 0 Å². The van der Waals surface area contributed by atoms with Gasteiger partial charge in [0.25, 0.3) is 5.16 Å². The molecule has 1 saturated heterocycles. The Labute approximate surface area is 134 Å². The third-order valence-electron chi connectivity index (χ3n) is 3.50. The van der Waals surface area contributed by atoms with E-state index in [9.17, 15) is 8.42 Å². The molecule has 0 radical (unpaired) electrons. The molecule has 3 rings (SSSR count). The van der Waals surface area contributed by atoms with Crippen LogP contribution in [0.5, 0.6) is 0 Å². The molecule has 124 valence electrons. The maximum atomic E-state index is 12.5. The second-order valence-electron chi connectivity index (χ2n) is 5.77. The zero-order valence-electron chi connectivity index (χ0n) is 12.9. The van der Waals surface area contributed by atoms with Crippen LogP contribution in [0.1, 0.15) is 20.3 Å². The second kappa shape index (κ2) is 5.99. The highest BCUT2D eigenvalue weighted by atomic mass is 32.2. The summed E-state index contributed by atoms with van der Waals surface area (Å²) < 4.78 is 37.4. The Hall–Kier alpha value is -1.84. The third-order valence-corrected chi connectivity index (χ3v) is 5.08. The van der Waals surface area contributed by atoms with Crippen LogP contribution in [0.3, 0.4) is 0 Å². The van der Waals surface area contributed by atoms with E-state index >= 15 is 0 Å². The van der Waals surface area contributed by atoms with E-state index < -0.39 is 15.6 Å². The number of sulfone groups is 1. The van der Waals surface area contributed by atoms with Crippen molar-refractivity contribution in [1.82, 2.24) is 20.2 Å². The fourth-order valence-electron chi connectivity index (χ4n) is 2.39. The predicted octanol–water partition coefficient (Wildman–Crippen LogP) is 0.978. The molecule has 0 N–H and O–H groups in total. The molecule has 0 amide bonds. The van der Waals surface area contributed by atoms with Gasteiger partial charge < -0.3 is 9.47 Å². The number of ether oxygens (including phenoxy) is 2. The average Bonchev–Trinajstić information content (AvgIpc) is 3.13. The van der Waals surface area contributed by atoms with Crippen LogP contribution in [0.15, 0.2) is 35.5 Å². The lowest BCUT2D eigenvalue weighted by molar-refractivity contribution is -0.138. The first kappa shape index (κ1) is 16.0. The molecule has 1 atom stereocenters. The van der Waals surface area contributed by atoms with Gasteiger partial charge in [-0.3, -0.25) is 0 Å². The summed E-state index contributed by atoms with van der Waals surface area (Å²) >= 11 is 0. The van der Waals surface area contributed by atoms with Crippen molar-refractivity contribution in [3.63, 3.8) is 0 Å². The van der Waals surface area contributed by atoms with Crippen LogP contribution >= 0.6 is 0 Å². The van der Waals surface area contributed by atoms with E-state index in [1.54, 1.807) is 38.1 Å². The molecule has 1 unspecified atom stereocenters. The summed E-state index contributed by atoms with van der Waals surface area (Å²) in [5.74, 6) is -0.773. The minimum Gasteiger partial charge on any atom is -0.348 e. The number of nitrogens with zero attached hydrogens (tertiary/aromatic N) is 4. The minimum absolute atomic E-state index is 0.107. The van der Waals surface area contributed by atoms with Crippen molar-refractivity contribution in [3.05, 3.63) is 30.3 Å². The van der Waals surface area contributed by atoms with Gasteiger partial charge in [-0.05, 0) is 42.8 Å². The lowest BCUT2D eigenvalue weighted by atomic mass is 10.3. The van der Waals surface area contributed by atoms with Gasteiger partial charge in [0.05, 0.1) is 24.2 Å². The lowest BCUT2D eigenvalue weighted by Gasteiger charge is -2.16. The van der Waals surface area contributed by atoms with Crippen molar-refractivity contribution in [2.45, 2.75) is 37.3 Å². The Morgan fingerprint density at radius 3 is 2.70 bits per heavy atom. The van der Waals surface area contributed by atoms with Crippen molar-refractivity contribution in [3.8, 4) is 5.69 Å². The molecule has 1 fully saturated rings. The van der Waals surface area contributed by atoms with Gasteiger partial charge in [-0.15, -0.1) is 0 Å². The highest BCUT2D eigenvalue weighted by Gasteiger charge is 2.34. The summed E-state index contributed by atoms with van der Waals surface area (Å²) in [6, 6.07) is 8.90. The van der Waals surface area contributed by atoms with Gasteiger partial charge in [-0.2, -0.15) is 4.68 Å². The van der Waals surface area contributed by atoms with E-state index in [2.05, 4.69) is 15.5 Å². The molecular formula is C14H18N4O4S. The largest absolute Gasteiger partial charge is 0.348 e. The van der Waals surface area contributed by atoms with Crippen LogP contribution in [0.25, 0.3) is 5.69 Å². The smallest absolute Gasteiger partial charge is 0.272 e. The van der Waals surface area contributed by atoms with Crippen LogP contribution < -0.4 is 0 Å². The van der Waals surface area contributed by atoms with Gasteiger partial charge >= 0.3 is 0 Å². The Morgan fingerprint density at radius 2 is 2.04 bits per heavy atom. The zero-order valence-corrected chi connectivity index (χ0v) is 13.7. The molecule has 1 aromatic carbocycles. The number of aromatic nitrogens is 4. The third kappa shape index (κ3) is 3.57. The molecule has 2 heterocycles. The normalized spacial score (nSPS) is 20.7. The van der Waals surface area contributed by atoms with Crippen molar-refractivity contribution >= 4 is 9.84 Å². The number of rotatable bonds is 5. The first-order chi connectivity index (χ1) is 10.9. The van der Waals surface area contributed by atoms with E-state index in [1.165, 1.54) is 4.68 Å². The SMILES string of the molecule is CC1(C)OCC(CCS(=O)(=O)c2nnnn2-c2ccccc2)O1. The van der Waals surface area contributed by atoms with E-state index in [0.29, 0.717) is 18.7 Å². The van der Waals surface area contributed by atoms with Crippen molar-refractivity contribution in [1.29, 1.82) is 0 Å². The molecule has 8 nitrogen and oxygen atoms in total. The first-order valence-corrected chi connectivity index (χ1v) is 8.91. The minimum atomic E-state index is -3.63. The number of tetrazole rings is 1. The molecule has 1 aliphatic heterocycles. The number of hydrogen-bond acceptors (Lipinski definition) is 7. The maximum Gasteiger partial charge on any atom is 0.272 e. The van der Waals surface area contributed by atoms with Gasteiger partial charge in [0.1, 0.15) is 0 Å². The molecule has 9 heteroatoms. The van der Waals surface area contributed by atoms with E-state index in [-0.39, 0.29) is 17.0 Å². The molecule has 1 aromatic heterocycles. The average molecular weight is 338 g/mol. The fraction of sp³-hybridized carbons (Fsp3) is 0.500. The van der Waals surface area contributed by atoms with Crippen LogP contribution in [0.4, 0.5) is 0 Å². The topological polar surface area (TPSA) is 96.2 Å². The summed E-state index contributed by atoms with van der Waals surface area (Å²) in [5, 5.41) is 10.8. The summed E-state index contributed by atoms with van der Waals surface area (Å²) in [6.45, 7) is 3.99. The molecule has 0 aliphatic carbocycles. The Morgan fingerprint density at radius 1 is 1.30 bits per heavy atom. The highest BCUT2D eigenvalue weighted by Crippen LogP contribution is 2.25. The summed E-state index contributed by atoms with van der Waals surface area (Å²) in [6.07, 6.45) is 0.0776. The molecule has 0 bridgehead atoms. The van der Waals surface area contributed by atoms with Gasteiger partial charge in [0.2, 0.25) is 9.84 Å². The zero-order chi connectivity index (χ0) is 16.5. The Kier molecular flexibility index (Phi) is 4.17. The van der Waals surface area contributed by atoms with Crippen LogP contribution in [0, 0.1) is 0 Å². The quantitative estimate of drug-likeness (QED) is 0.801. The maximum absolute atomic E-state index is 12.5. The number of para-hydroxylation sites is 1. The van der Waals surface area contributed by atoms with E-state index in [1.807, 2.05) is 6.07 Å². The number of hydrogen-bond donors (Lipinski definition) is 0. The standard InChI is InChI=1S/C14H18N4O4S/c1-14(2)21-10-12(22-14)8-9-23(19,20)13-15-16-17-18(13)11-6-4-3-5-7-11/h3-7,12H,8-10H2,1-2H3. The summed E-state index contributed by atoms with van der Waals surface area (Å²) in [5.41, 5.74) is 0.595. The van der Waals surface area contributed by atoms with Crippen molar-refractivity contribution in [2.24, 2.45) is 0 Å². The van der Waals surface area contributed by atoms with Gasteiger partial charge in [0.15, 0.2) is 5.79 Å². The fourth-order valence-corrected chi connectivity index (χ4v) is 3.71. The van der Waals surface area contributed by atoms with E-state index in [4.69, 9.17) is 9.47 Å². The predicted molar refractivity (Wildman–Crippen MR) is 80.7 cm³/mol. The lowest BCUT2D eigenvalue weighted by Crippen LogP contribution is -2.23. The monoisotopic (exact) mass is 338 g/mol. The summed E-state index contributed by atoms with van der Waals surface area (Å²) in [4.78, 5) is 0. The van der Waals surface area contributed by atoms with Gasteiger partial charge in [-0.1, -0.05) is 23.3 Å². The Balaban J connectivity index is 1.75. The van der Waals surface area contributed by atoms with Crippen molar-refractivity contribution in [2.75, 3.05) is 12.4 Å². The highest BCUT2D eigenvalue weighted by molar-refractivity contribution is 7.91. The molecule has 2 aromatic rings. The first-order valence-electron chi connectivity index (χ1n) is 7.26. The van der Waals surface area contributed by atoms with Gasteiger partial charge in [0, 0.05) is 0 Å². The Bertz CT molecular complexity index is 773. The summed E-state index contributed by atoms with van der Waals surface area (Å²) in [7, 11) is -3.63. The van der Waals surface area contributed by atoms with Crippen molar-refractivity contribution < 1.29 is 17.9 Å². The molecular weight excluding hydrogens is 320 g/mol. The van der Waals surface area contributed by atoms with Crippen LogP contribution in [0.2, 0.25) is 0 Å². The molecule has 23 heavy (non-hydrogen) atoms. The molecule has 0 spiro atoms. The van der Waals surface area contributed by atoms with Crippen LogP contribution in [-0.2, 0) is 19.3 Å². The van der Waals surface area contributed by atoms with Crippen LogP contribution in [-0.4, -0.2) is 52.9 Å². The molecule has 1 aliphatic rings. The van der Waals surface area contributed by atoms with Gasteiger partial charge in [-0.25, -0.2) is 8.42 Å².